The molecule has 1 heterocycles. The van der Waals surface area contributed by atoms with Gasteiger partial charge in [-0.15, -0.1) is 11.6 Å². The number of carbonyl (C=O) groups excluding carboxylic acids is 1. The molecule has 16 heavy (non-hydrogen) atoms. The van der Waals surface area contributed by atoms with Crippen LogP contribution in [0.15, 0.2) is 18.2 Å². The summed E-state index contributed by atoms with van der Waals surface area (Å²) in [6, 6.07) is 5.92. The number of hydrogen-bond acceptors (Lipinski definition) is 3. The molecular weight excluding hydrogens is 228 g/mol. The van der Waals surface area contributed by atoms with Gasteiger partial charge in [-0.25, -0.2) is 0 Å². The van der Waals surface area contributed by atoms with Crippen molar-refractivity contribution in [2.45, 2.75) is 25.0 Å². The Balaban J connectivity index is 2.27. The number of alkyl halides is 1. The lowest BCUT2D eigenvalue weighted by Crippen LogP contribution is -2.08. The lowest BCUT2D eigenvalue weighted by atomic mass is 9.98. The van der Waals surface area contributed by atoms with Crippen LogP contribution in [0.5, 0.6) is 0 Å². The first-order chi connectivity index (χ1) is 7.76. The van der Waals surface area contributed by atoms with Crippen LogP contribution in [0.25, 0.3) is 0 Å². The Hall–Kier alpha value is -1.06. The summed E-state index contributed by atoms with van der Waals surface area (Å²) in [5, 5.41) is 0. The molecule has 4 heteroatoms. The molecule has 86 valence electrons. The topological polar surface area (TPSA) is 35.5 Å². The summed E-state index contributed by atoms with van der Waals surface area (Å²) in [4.78, 5) is 11.2. The molecule has 0 aliphatic carbocycles. The van der Waals surface area contributed by atoms with Gasteiger partial charge in [0.2, 0.25) is 0 Å². The second-order valence-corrected chi connectivity index (χ2v) is 3.97. The van der Waals surface area contributed by atoms with Crippen molar-refractivity contribution in [1.82, 2.24) is 0 Å². The van der Waals surface area contributed by atoms with Gasteiger partial charge in [0.15, 0.2) is 0 Å². The van der Waals surface area contributed by atoms with E-state index in [1.807, 2.05) is 18.2 Å². The van der Waals surface area contributed by atoms with Gasteiger partial charge >= 0.3 is 5.97 Å². The molecule has 2 rings (SSSR count). The second-order valence-electron chi connectivity index (χ2n) is 3.70. The Morgan fingerprint density at radius 1 is 1.62 bits per heavy atom. The van der Waals surface area contributed by atoms with Crippen molar-refractivity contribution in [2.24, 2.45) is 0 Å². The van der Waals surface area contributed by atoms with Crippen LogP contribution in [0.4, 0.5) is 0 Å². The summed E-state index contributed by atoms with van der Waals surface area (Å²) in [5.74, 6) is 0.173. The van der Waals surface area contributed by atoms with E-state index in [1.54, 1.807) is 0 Å². The summed E-state index contributed by atoms with van der Waals surface area (Å²) >= 11 is 5.87. The number of hydrogen-bond donors (Lipinski definition) is 0. The average Bonchev–Trinajstić information content (AvgIpc) is 2.72. The SMILES string of the molecule is COC(=O)CC1OCc2cccc(CCl)c21. The molecule has 1 unspecified atom stereocenters. The number of methoxy groups -OCH3 is 1. The summed E-state index contributed by atoms with van der Waals surface area (Å²) in [6.07, 6.45) is 0.0367. The van der Waals surface area contributed by atoms with Gasteiger partial charge in [-0.1, -0.05) is 18.2 Å². The molecule has 0 N–H and O–H groups in total. The van der Waals surface area contributed by atoms with E-state index in [9.17, 15) is 4.79 Å². The Bertz CT molecular complexity index is 403. The molecule has 1 aromatic rings. The molecule has 3 nitrogen and oxygen atoms in total. The minimum absolute atomic E-state index is 0.211. The molecule has 1 aromatic carbocycles. The highest BCUT2D eigenvalue weighted by atomic mass is 35.5. The van der Waals surface area contributed by atoms with Crippen LogP contribution in [0.1, 0.15) is 29.2 Å². The number of ether oxygens (including phenoxy) is 2. The molecule has 0 bridgehead atoms. The third kappa shape index (κ3) is 2.06. The van der Waals surface area contributed by atoms with Gasteiger partial charge in [0.1, 0.15) is 0 Å². The van der Waals surface area contributed by atoms with Crippen molar-refractivity contribution in [3.63, 3.8) is 0 Å². The monoisotopic (exact) mass is 240 g/mol. The van der Waals surface area contributed by atoms with Crippen LogP contribution in [-0.2, 0) is 26.8 Å². The van der Waals surface area contributed by atoms with Crippen LogP contribution >= 0.6 is 11.6 Å². The van der Waals surface area contributed by atoms with Crippen LogP contribution in [0, 0.1) is 0 Å². The quantitative estimate of drug-likeness (QED) is 0.602. The van der Waals surface area contributed by atoms with Gasteiger partial charge in [-0.05, 0) is 16.7 Å². The molecule has 1 aliphatic rings. The van der Waals surface area contributed by atoms with Crippen molar-refractivity contribution in [3.05, 3.63) is 34.9 Å². The normalized spacial score (nSPS) is 18.2. The van der Waals surface area contributed by atoms with Crippen LogP contribution < -0.4 is 0 Å². The second kappa shape index (κ2) is 4.85. The van der Waals surface area contributed by atoms with Crippen LogP contribution in [0.3, 0.4) is 0 Å². The standard InChI is InChI=1S/C12H13ClO3/c1-15-11(14)5-10-12-8(6-13)3-2-4-9(12)7-16-10/h2-4,10H,5-7H2,1H3. The van der Waals surface area contributed by atoms with Crippen molar-refractivity contribution in [1.29, 1.82) is 0 Å². The number of halogens is 1. The molecule has 0 radical (unpaired) electrons. The van der Waals surface area contributed by atoms with E-state index < -0.39 is 0 Å². The van der Waals surface area contributed by atoms with Gasteiger partial charge in [-0.2, -0.15) is 0 Å². The van der Waals surface area contributed by atoms with Crippen molar-refractivity contribution in [2.75, 3.05) is 7.11 Å². The zero-order chi connectivity index (χ0) is 11.5. The molecule has 1 aliphatic heterocycles. The maximum atomic E-state index is 11.2. The number of esters is 1. The number of benzene rings is 1. The Morgan fingerprint density at radius 2 is 2.44 bits per heavy atom. The molecule has 0 aromatic heterocycles. The van der Waals surface area contributed by atoms with Gasteiger partial charge in [0, 0.05) is 5.88 Å². The van der Waals surface area contributed by atoms with Crippen molar-refractivity contribution < 1.29 is 14.3 Å². The lowest BCUT2D eigenvalue weighted by molar-refractivity contribution is -0.143. The van der Waals surface area contributed by atoms with E-state index in [0.717, 1.165) is 16.7 Å². The first-order valence-electron chi connectivity index (χ1n) is 5.11. The summed E-state index contributed by atoms with van der Waals surface area (Å²) in [7, 11) is 1.38. The van der Waals surface area contributed by atoms with E-state index in [-0.39, 0.29) is 18.5 Å². The highest BCUT2D eigenvalue weighted by Gasteiger charge is 2.27. The fraction of sp³-hybridized carbons (Fsp3) is 0.417. The highest BCUT2D eigenvalue weighted by molar-refractivity contribution is 6.17. The van der Waals surface area contributed by atoms with Crippen LogP contribution in [-0.4, -0.2) is 13.1 Å². The molecule has 0 amide bonds. The Labute approximate surface area is 99.3 Å². The summed E-state index contributed by atoms with van der Waals surface area (Å²) < 4.78 is 10.2. The smallest absolute Gasteiger partial charge is 0.308 e. The van der Waals surface area contributed by atoms with Gasteiger partial charge in [0.05, 0.1) is 26.2 Å². The maximum Gasteiger partial charge on any atom is 0.308 e. The summed E-state index contributed by atoms with van der Waals surface area (Å²) in [5.41, 5.74) is 3.21. The fourth-order valence-corrected chi connectivity index (χ4v) is 2.22. The van der Waals surface area contributed by atoms with Gasteiger partial charge < -0.3 is 9.47 Å². The maximum absolute atomic E-state index is 11.2. The van der Waals surface area contributed by atoms with Gasteiger partial charge in [-0.3, -0.25) is 4.79 Å². The first-order valence-corrected chi connectivity index (χ1v) is 5.64. The minimum atomic E-state index is -0.262. The summed E-state index contributed by atoms with van der Waals surface area (Å²) in [6.45, 7) is 0.543. The van der Waals surface area contributed by atoms with Gasteiger partial charge in [0.25, 0.3) is 0 Å². The van der Waals surface area contributed by atoms with Crippen LogP contribution in [0.2, 0.25) is 0 Å². The molecule has 0 saturated heterocycles. The van der Waals surface area contributed by atoms with E-state index >= 15 is 0 Å². The number of carbonyl (C=O) groups is 1. The largest absolute Gasteiger partial charge is 0.469 e. The average molecular weight is 241 g/mol. The molecule has 0 fully saturated rings. The third-order valence-corrected chi connectivity index (χ3v) is 3.06. The zero-order valence-electron chi connectivity index (χ0n) is 9.03. The Kier molecular flexibility index (Phi) is 3.46. The van der Waals surface area contributed by atoms with E-state index in [4.69, 9.17) is 16.3 Å². The minimum Gasteiger partial charge on any atom is -0.469 e. The Morgan fingerprint density at radius 3 is 3.12 bits per heavy atom. The number of fused-ring (bicyclic) bond motifs is 1. The molecule has 1 atom stereocenters. The fourth-order valence-electron chi connectivity index (χ4n) is 1.99. The third-order valence-electron chi connectivity index (χ3n) is 2.77. The first kappa shape index (κ1) is 11.4. The van der Waals surface area contributed by atoms with Crippen molar-refractivity contribution in [3.8, 4) is 0 Å². The molecule has 0 spiro atoms. The lowest BCUT2D eigenvalue weighted by Gasteiger charge is -2.12. The van der Waals surface area contributed by atoms with E-state index in [0.29, 0.717) is 12.5 Å². The predicted molar refractivity (Wildman–Crippen MR) is 60.2 cm³/mol. The van der Waals surface area contributed by atoms with Crippen molar-refractivity contribution >= 4 is 17.6 Å². The van der Waals surface area contributed by atoms with E-state index in [1.165, 1.54) is 7.11 Å². The number of rotatable bonds is 3. The zero-order valence-corrected chi connectivity index (χ0v) is 9.79. The van der Waals surface area contributed by atoms with E-state index in [2.05, 4.69) is 4.74 Å². The highest BCUT2D eigenvalue weighted by Crippen LogP contribution is 2.36. The molecule has 0 saturated carbocycles. The molecular formula is C12H13ClO3. The predicted octanol–water partition coefficient (Wildman–Crippen LogP) is 2.56.